The number of benzene rings is 1. The normalized spacial score (nSPS) is 23.3. The summed E-state index contributed by atoms with van der Waals surface area (Å²) in [6.45, 7) is 3.65. The Morgan fingerprint density at radius 1 is 1.17 bits per heavy atom. The number of nitrogens with zero attached hydrogens (tertiary/aromatic N) is 1. The molecule has 2 aliphatic rings. The third-order valence-corrected chi connectivity index (χ3v) is 3.97. The summed E-state index contributed by atoms with van der Waals surface area (Å²) >= 11 is 0. The lowest BCUT2D eigenvalue weighted by Crippen LogP contribution is -2.31. The molecule has 1 aromatic carbocycles. The van der Waals surface area contributed by atoms with Crippen molar-refractivity contribution in [1.82, 2.24) is 0 Å². The quantitative estimate of drug-likeness (QED) is 0.865. The lowest BCUT2D eigenvalue weighted by atomic mass is 10.1. The monoisotopic (exact) mass is 246 g/mol. The molecule has 2 fully saturated rings. The van der Waals surface area contributed by atoms with Crippen molar-refractivity contribution >= 4 is 5.69 Å². The van der Waals surface area contributed by atoms with E-state index < -0.39 is 0 Å². The van der Waals surface area contributed by atoms with Crippen LogP contribution in [0.5, 0.6) is 0 Å². The molecule has 1 atom stereocenters. The van der Waals surface area contributed by atoms with E-state index in [2.05, 4.69) is 29.2 Å². The molecule has 0 aromatic heterocycles. The van der Waals surface area contributed by atoms with E-state index in [1.807, 2.05) is 0 Å². The van der Waals surface area contributed by atoms with Crippen molar-refractivity contribution in [2.75, 3.05) is 24.7 Å². The molecule has 1 unspecified atom stereocenters. The minimum atomic E-state index is 0.625. The maximum absolute atomic E-state index is 5.65. The molecule has 1 aliphatic heterocycles. The average molecular weight is 246 g/mol. The third-order valence-electron chi connectivity index (χ3n) is 3.97. The second kappa shape index (κ2) is 5.29. The molecule has 1 saturated heterocycles. The standard InChI is InChI=1S/C15H22N2O/c16-9-12-1-3-14(4-2-12)17(15-5-6-15)10-13-7-8-18-11-13/h1-4,13,15H,5-11,16H2. The molecule has 1 saturated carbocycles. The summed E-state index contributed by atoms with van der Waals surface area (Å²) in [5.74, 6) is 0.708. The first-order chi connectivity index (χ1) is 8.86. The fraction of sp³-hybridized carbons (Fsp3) is 0.600. The molecule has 3 nitrogen and oxygen atoms in total. The van der Waals surface area contributed by atoms with Crippen LogP contribution in [0.4, 0.5) is 5.69 Å². The molecule has 0 radical (unpaired) electrons. The zero-order valence-corrected chi connectivity index (χ0v) is 10.8. The van der Waals surface area contributed by atoms with Gasteiger partial charge in [0.15, 0.2) is 0 Å². The van der Waals surface area contributed by atoms with Gasteiger partial charge in [0, 0.05) is 37.3 Å². The summed E-state index contributed by atoms with van der Waals surface area (Å²) in [7, 11) is 0. The highest BCUT2D eigenvalue weighted by Gasteiger charge is 2.31. The van der Waals surface area contributed by atoms with Gasteiger partial charge in [0.05, 0.1) is 6.61 Å². The summed E-state index contributed by atoms with van der Waals surface area (Å²) < 4.78 is 5.49. The van der Waals surface area contributed by atoms with E-state index in [0.29, 0.717) is 12.5 Å². The van der Waals surface area contributed by atoms with Gasteiger partial charge in [0.25, 0.3) is 0 Å². The first-order valence-corrected chi connectivity index (χ1v) is 7.00. The Hall–Kier alpha value is -1.06. The van der Waals surface area contributed by atoms with Crippen molar-refractivity contribution in [2.45, 2.75) is 31.8 Å². The fourth-order valence-electron chi connectivity index (χ4n) is 2.68. The average Bonchev–Trinajstić information content (AvgIpc) is 3.13. The number of rotatable bonds is 5. The van der Waals surface area contributed by atoms with Crippen LogP contribution >= 0.6 is 0 Å². The smallest absolute Gasteiger partial charge is 0.0512 e. The van der Waals surface area contributed by atoms with Gasteiger partial charge < -0.3 is 15.4 Å². The van der Waals surface area contributed by atoms with E-state index in [-0.39, 0.29) is 0 Å². The molecular weight excluding hydrogens is 224 g/mol. The Balaban J connectivity index is 1.71. The fourth-order valence-corrected chi connectivity index (χ4v) is 2.68. The molecule has 18 heavy (non-hydrogen) atoms. The molecule has 2 N–H and O–H groups in total. The maximum atomic E-state index is 5.65. The van der Waals surface area contributed by atoms with Gasteiger partial charge in [-0.15, -0.1) is 0 Å². The molecule has 1 heterocycles. The highest BCUT2D eigenvalue weighted by molar-refractivity contribution is 5.49. The van der Waals surface area contributed by atoms with Crippen molar-refractivity contribution in [3.8, 4) is 0 Å². The van der Waals surface area contributed by atoms with E-state index >= 15 is 0 Å². The predicted molar refractivity (Wildman–Crippen MR) is 73.6 cm³/mol. The summed E-state index contributed by atoms with van der Waals surface area (Å²) in [4.78, 5) is 2.57. The van der Waals surface area contributed by atoms with Crippen LogP contribution in [0.25, 0.3) is 0 Å². The Morgan fingerprint density at radius 3 is 2.50 bits per heavy atom. The van der Waals surface area contributed by atoms with Crippen LogP contribution in [0.1, 0.15) is 24.8 Å². The summed E-state index contributed by atoms with van der Waals surface area (Å²) in [5.41, 5.74) is 8.21. The topological polar surface area (TPSA) is 38.5 Å². The van der Waals surface area contributed by atoms with E-state index in [9.17, 15) is 0 Å². The number of nitrogens with two attached hydrogens (primary N) is 1. The zero-order valence-electron chi connectivity index (χ0n) is 10.8. The summed E-state index contributed by atoms with van der Waals surface area (Å²) in [6.07, 6.45) is 3.89. The zero-order chi connectivity index (χ0) is 12.4. The largest absolute Gasteiger partial charge is 0.381 e. The van der Waals surface area contributed by atoms with Crippen LogP contribution in [0.3, 0.4) is 0 Å². The van der Waals surface area contributed by atoms with Crippen molar-refractivity contribution in [3.63, 3.8) is 0 Å². The van der Waals surface area contributed by atoms with Crippen LogP contribution in [-0.4, -0.2) is 25.8 Å². The maximum Gasteiger partial charge on any atom is 0.0512 e. The number of hydrogen-bond acceptors (Lipinski definition) is 3. The van der Waals surface area contributed by atoms with E-state index in [0.717, 1.165) is 25.8 Å². The second-order valence-corrected chi connectivity index (χ2v) is 5.48. The molecule has 1 aliphatic carbocycles. The molecular formula is C15H22N2O. The van der Waals surface area contributed by atoms with Crippen LogP contribution in [-0.2, 0) is 11.3 Å². The van der Waals surface area contributed by atoms with Crippen LogP contribution in [0.15, 0.2) is 24.3 Å². The molecule has 0 amide bonds. The van der Waals surface area contributed by atoms with Crippen LogP contribution in [0, 0.1) is 5.92 Å². The highest BCUT2D eigenvalue weighted by Crippen LogP contribution is 2.33. The van der Waals surface area contributed by atoms with Crippen molar-refractivity contribution < 1.29 is 4.74 Å². The van der Waals surface area contributed by atoms with Gasteiger partial charge in [-0.2, -0.15) is 0 Å². The van der Waals surface area contributed by atoms with E-state index in [1.54, 1.807) is 0 Å². The molecule has 3 heteroatoms. The first-order valence-electron chi connectivity index (χ1n) is 7.00. The Morgan fingerprint density at radius 2 is 1.94 bits per heavy atom. The lowest BCUT2D eigenvalue weighted by Gasteiger charge is -2.27. The Kier molecular flexibility index (Phi) is 3.52. The number of hydrogen-bond donors (Lipinski definition) is 1. The van der Waals surface area contributed by atoms with Gasteiger partial charge in [0.1, 0.15) is 0 Å². The van der Waals surface area contributed by atoms with Gasteiger partial charge in [0.2, 0.25) is 0 Å². The summed E-state index contributed by atoms with van der Waals surface area (Å²) in [6, 6.07) is 9.49. The Bertz CT molecular complexity index is 380. The molecule has 3 rings (SSSR count). The molecule has 1 aromatic rings. The van der Waals surface area contributed by atoms with Gasteiger partial charge in [-0.1, -0.05) is 12.1 Å². The van der Waals surface area contributed by atoms with E-state index in [4.69, 9.17) is 10.5 Å². The van der Waals surface area contributed by atoms with Crippen LogP contribution in [0.2, 0.25) is 0 Å². The van der Waals surface area contributed by atoms with Crippen molar-refractivity contribution in [3.05, 3.63) is 29.8 Å². The predicted octanol–water partition coefficient (Wildman–Crippen LogP) is 2.15. The van der Waals surface area contributed by atoms with Gasteiger partial charge >= 0.3 is 0 Å². The van der Waals surface area contributed by atoms with Crippen LogP contribution < -0.4 is 10.6 Å². The van der Waals surface area contributed by atoms with Gasteiger partial charge in [-0.25, -0.2) is 0 Å². The number of ether oxygens (including phenoxy) is 1. The number of anilines is 1. The summed E-state index contributed by atoms with van der Waals surface area (Å²) in [5, 5.41) is 0. The molecule has 98 valence electrons. The molecule has 0 bridgehead atoms. The second-order valence-electron chi connectivity index (χ2n) is 5.48. The third kappa shape index (κ3) is 2.68. The van der Waals surface area contributed by atoms with Crippen molar-refractivity contribution in [1.29, 1.82) is 0 Å². The first kappa shape index (κ1) is 12.0. The van der Waals surface area contributed by atoms with Crippen molar-refractivity contribution in [2.24, 2.45) is 11.7 Å². The van der Waals surface area contributed by atoms with Gasteiger partial charge in [-0.3, -0.25) is 0 Å². The SMILES string of the molecule is NCc1ccc(N(CC2CCOC2)C2CC2)cc1. The lowest BCUT2D eigenvalue weighted by molar-refractivity contribution is 0.186. The minimum absolute atomic E-state index is 0.625. The molecule has 0 spiro atoms. The minimum Gasteiger partial charge on any atom is -0.381 e. The van der Waals surface area contributed by atoms with Gasteiger partial charge in [-0.05, 0) is 37.0 Å². The highest BCUT2D eigenvalue weighted by atomic mass is 16.5. The van der Waals surface area contributed by atoms with E-state index in [1.165, 1.54) is 30.5 Å². The Labute approximate surface area is 109 Å².